The summed E-state index contributed by atoms with van der Waals surface area (Å²) >= 11 is 5.08. The molecule has 18 heavy (non-hydrogen) atoms. The van der Waals surface area contributed by atoms with Gasteiger partial charge < -0.3 is 5.32 Å². The molecule has 0 bridgehead atoms. The van der Waals surface area contributed by atoms with E-state index in [2.05, 4.69) is 41.8 Å². The maximum Gasteiger partial charge on any atom is 0.194 e. The molecular weight excluding hydrogens is 312 g/mol. The first-order chi connectivity index (χ1) is 8.75. The fraction of sp³-hybridized carbons (Fsp3) is 0.167. The lowest BCUT2D eigenvalue weighted by molar-refractivity contribution is 0.990. The molecule has 0 amide bonds. The van der Waals surface area contributed by atoms with E-state index in [-0.39, 0.29) is 0 Å². The molecule has 3 aromatic rings. The lowest BCUT2D eigenvalue weighted by Crippen LogP contribution is -2.04. The molecule has 0 unspecified atom stereocenters. The monoisotopic (exact) mass is 322 g/mol. The molecule has 0 aromatic carbocycles. The maximum atomic E-state index is 4.52. The number of aryl methyl sites for hydroxylation is 1. The molecule has 0 spiro atoms. The Morgan fingerprint density at radius 1 is 1.50 bits per heavy atom. The number of anilines is 1. The van der Waals surface area contributed by atoms with E-state index in [0.29, 0.717) is 0 Å². The Balaban J connectivity index is 1.87. The highest BCUT2D eigenvalue weighted by Gasteiger charge is 2.09. The van der Waals surface area contributed by atoms with Crippen molar-refractivity contribution in [2.24, 2.45) is 0 Å². The van der Waals surface area contributed by atoms with E-state index in [1.807, 2.05) is 24.4 Å². The van der Waals surface area contributed by atoms with Gasteiger partial charge in [-0.15, -0.1) is 11.3 Å². The number of halogens is 1. The zero-order valence-corrected chi connectivity index (χ0v) is 12.1. The van der Waals surface area contributed by atoms with Crippen molar-refractivity contribution in [2.45, 2.75) is 13.5 Å². The fourth-order valence-electron chi connectivity index (χ4n) is 1.85. The van der Waals surface area contributed by atoms with Gasteiger partial charge in [-0.05, 0) is 35.0 Å². The van der Waals surface area contributed by atoms with Crippen molar-refractivity contribution >= 4 is 37.9 Å². The van der Waals surface area contributed by atoms with Gasteiger partial charge in [0.1, 0.15) is 4.60 Å². The van der Waals surface area contributed by atoms with Crippen LogP contribution in [0, 0.1) is 6.92 Å². The van der Waals surface area contributed by atoms with E-state index in [1.54, 1.807) is 17.5 Å². The van der Waals surface area contributed by atoms with Crippen molar-refractivity contribution < 1.29 is 0 Å². The summed E-state index contributed by atoms with van der Waals surface area (Å²) in [5.74, 6) is 0. The molecule has 4 nitrogen and oxygen atoms in total. The Kier molecular flexibility index (Phi) is 3.05. The van der Waals surface area contributed by atoms with Gasteiger partial charge in [-0.3, -0.25) is 4.40 Å². The van der Waals surface area contributed by atoms with E-state index in [9.17, 15) is 0 Å². The number of pyridine rings is 1. The Labute approximate surface area is 117 Å². The van der Waals surface area contributed by atoms with Crippen LogP contribution in [0.5, 0.6) is 0 Å². The first-order valence-electron chi connectivity index (χ1n) is 5.51. The van der Waals surface area contributed by atoms with Crippen LogP contribution in [0.15, 0.2) is 34.5 Å². The van der Waals surface area contributed by atoms with E-state index in [1.165, 1.54) is 5.69 Å². The summed E-state index contributed by atoms with van der Waals surface area (Å²) in [7, 11) is 0. The highest BCUT2D eigenvalue weighted by Crippen LogP contribution is 2.21. The van der Waals surface area contributed by atoms with E-state index >= 15 is 0 Å². The molecule has 6 heteroatoms. The molecule has 0 saturated heterocycles. The van der Waals surface area contributed by atoms with Gasteiger partial charge in [0, 0.05) is 17.8 Å². The van der Waals surface area contributed by atoms with Gasteiger partial charge in [-0.2, -0.15) is 0 Å². The van der Waals surface area contributed by atoms with Gasteiger partial charge in [0.05, 0.1) is 23.6 Å². The molecule has 3 aromatic heterocycles. The number of rotatable bonds is 3. The molecule has 92 valence electrons. The lowest BCUT2D eigenvalue weighted by Gasteiger charge is -2.07. The molecule has 0 aliphatic heterocycles. The van der Waals surface area contributed by atoms with Crippen LogP contribution in [0.25, 0.3) is 4.96 Å². The summed E-state index contributed by atoms with van der Waals surface area (Å²) in [5, 5.41) is 5.42. The molecule has 3 heterocycles. The zero-order chi connectivity index (χ0) is 12.5. The second-order valence-electron chi connectivity index (χ2n) is 3.89. The Morgan fingerprint density at radius 2 is 2.39 bits per heavy atom. The van der Waals surface area contributed by atoms with Crippen LogP contribution in [0.3, 0.4) is 0 Å². The molecule has 0 aliphatic rings. The fourth-order valence-corrected chi connectivity index (χ4v) is 3.02. The maximum absolute atomic E-state index is 4.52. The average Bonchev–Trinajstić information content (AvgIpc) is 2.90. The lowest BCUT2D eigenvalue weighted by atomic mass is 10.3. The molecule has 0 saturated carbocycles. The first-order valence-corrected chi connectivity index (χ1v) is 7.18. The van der Waals surface area contributed by atoms with E-state index in [4.69, 9.17) is 0 Å². The third-order valence-corrected chi connectivity index (χ3v) is 4.16. The highest BCUT2D eigenvalue weighted by atomic mass is 79.9. The van der Waals surface area contributed by atoms with Crippen molar-refractivity contribution in [3.05, 3.63) is 45.9 Å². The molecule has 0 atom stereocenters. The van der Waals surface area contributed by atoms with Crippen LogP contribution < -0.4 is 5.32 Å². The third-order valence-electron chi connectivity index (χ3n) is 2.77. The summed E-state index contributed by atoms with van der Waals surface area (Å²) in [6.07, 6.45) is 3.81. The van der Waals surface area contributed by atoms with Gasteiger partial charge >= 0.3 is 0 Å². The molecular formula is C12H11BrN4S. The normalized spacial score (nSPS) is 11.0. The van der Waals surface area contributed by atoms with Crippen molar-refractivity contribution in [2.75, 3.05) is 5.32 Å². The van der Waals surface area contributed by atoms with Crippen LogP contribution in [0.1, 0.15) is 11.4 Å². The number of hydrogen-bond donors (Lipinski definition) is 1. The number of nitrogens with zero attached hydrogens (tertiary/aromatic N) is 3. The van der Waals surface area contributed by atoms with Crippen molar-refractivity contribution in [1.29, 1.82) is 0 Å². The highest BCUT2D eigenvalue weighted by molar-refractivity contribution is 9.10. The zero-order valence-electron chi connectivity index (χ0n) is 9.72. The van der Waals surface area contributed by atoms with Crippen LogP contribution in [0.2, 0.25) is 0 Å². The first kappa shape index (κ1) is 11.7. The number of nitrogens with one attached hydrogen (secondary N) is 1. The summed E-state index contributed by atoms with van der Waals surface area (Å²) < 4.78 is 2.95. The predicted octanol–water partition coefficient (Wildman–Crippen LogP) is 3.47. The molecule has 0 aliphatic carbocycles. The minimum absolute atomic E-state index is 0.730. The van der Waals surface area contributed by atoms with Gasteiger partial charge in [0.2, 0.25) is 0 Å². The predicted molar refractivity (Wildman–Crippen MR) is 77.1 cm³/mol. The quantitative estimate of drug-likeness (QED) is 0.751. The number of thiazole rings is 1. The average molecular weight is 323 g/mol. The van der Waals surface area contributed by atoms with Crippen LogP contribution >= 0.6 is 27.3 Å². The van der Waals surface area contributed by atoms with Gasteiger partial charge in [0.15, 0.2) is 4.96 Å². The van der Waals surface area contributed by atoms with Crippen LogP contribution in [0.4, 0.5) is 5.69 Å². The smallest absolute Gasteiger partial charge is 0.194 e. The van der Waals surface area contributed by atoms with Crippen LogP contribution in [-0.4, -0.2) is 14.4 Å². The van der Waals surface area contributed by atoms with E-state index in [0.717, 1.165) is 27.5 Å². The number of hydrogen-bond acceptors (Lipinski definition) is 4. The summed E-state index contributed by atoms with van der Waals surface area (Å²) in [6.45, 7) is 2.77. The Bertz CT molecular complexity index is 688. The minimum atomic E-state index is 0.730. The minimum Gasteiger partial charge on any atom is -0.377 e. The molecule has 1 N–H and O–H groups in total. The second-order valence-corrected chi connectivity index (χ2v) is 5.52. The summed E-state index contributed by atoms with van der Waals surface area (Å²) in [5.41, 5.74) is 3.23. The number of aromatic nitrogens is 3. The Morgan fingerprint density at radius 3 is 3.22 bits per heavy atom. The summed E-state index contributed by atoms with van der Waals surface area (Å²) in [6, 6.07) is 3.91. The van der Waals surface area contributed by atoms with Gasteiger partial charge in [-0.25, -0.2) is 9.97 Å². The van der Waals surface area contributed by atoms with Crippen molar-refractivity contribution in [1.82, 2.24) is 14.4 Å². The largest absolute Gasteiger partial charge is 0.377 e. The molecule has 0 radical (unpaired) electrons. The van der Waals surface area contributed by atoms with Gasteiger partial charge in [0.25, 0.3) is 0 Å². The number of fused-ring (bicyclic) bond motifs is 1. The summed E-state index contributed by atoms with van der Waals surface area (Å²) in [4.78, 5) is 9.75. The van der Waals surface area contributed by atoms with Crippen molar-refractivity contribution in [3.63, 3.8) is 0 Å². The topological polar surface area (TPSA) is 42.2 Å². The standard InChI is InChI=1S/C12H11BrN4S/c1-8-10(17-5-6-18-12(17)16-8)7-15-9-3-2-4-14-11(9)13/h2-6,15H,7H2,1H3. The SMILES string of the molecule is Cc1nc2sccn2c1CNc1cccnc1Br. The van der Waals surface area contributed by atoms with E-state index < -0.39 is 0 Å². The number of imidazole rings is 1. The second kappa shape index (κ2) is 4.70. The van der Waals surface area contributed by atoms with Gasteiger partial charge in [-0.1, -0.05) is 0 Å². The molecule has 0 fully saturated rings. The Hall–Kier alpha value is -1.40. The van der Waals surface area contributed by atoms with Crippen molar-refractivity contribution in [3.8, 4) is 0 Å². The van der Waals surface area contributed by atoms with Crippen LogP contribution in [-0.2, 0) is 6.54 Å². The molecule has 3 rings (SSSR count). The third kappa shape index (κ3) is 2.02.